The average Bonchev–Trinajstić information content (AvgIpc) is 3.21. The summed E-state index contributed by atoms with van der Waals surface area (Å²) in [5, 5.41) is 3.13. The fourth-order valence-electron chi connectivity index (χ4n) is 3.27. The molecular weight excluding hydrogens is 342 g/mol. The quantitative estimate of drug-likeness (QED) is 0.674. The number of carbonyl (C=O) groups excluding carboxylic acids is 1. The maximum Gasteiger partial charge on any atom is 0.252 e. The van der Waals surface area contributed by atoms with Gasteiger partial charge in [-0.3, -0.25) is 4.79 Å². The van der Waals surface area contributed by atoms with E-state index in [9.17, 15) is 4.79 Å². The maximum atomic E-state index is 12.8. The minimum Gasteiger partial charge on any atom is -0.377 e. The molecule has 138 valence electrons. The van der Waals surface area contributed by atoms with Crippen LogP contribution in [0, 0.1) is 0 Å². The Balaban J connectivity index is 1.60. The van der Waals surface area contributed by atoms with Crippen LogP contribution in [0.3, 0.4) is 0 Å². The van der Waals surface area contributed by atoms with Crippen LogP contribution in [-0.4, -0.2) is 30.9 Å². The van der Waals surface area contributed by atoms with Crippen molar-refractivity contribution in [2.24, 2.45) is 0 Å². The molecule has 1 aliphatic rings. The highest BCUT2D eigenvalue weighted by Crippen LogP contribution is 2.27. The second-order valence-corrected chi connectivity index (χ2v) is 7.73. The van der Waals surface area contributed by atoms with Gasteiger partial charge in [-0.25, -0.2) is 0 Å². The minimum atomic E-state index is 0.00909. The van der Waals surface area contributed by atoms with Gasteiger partial charge >= 0.3 is 0 Å². The predicted molar refractivity (Wildman–Crippen MR) is 108 cm³/mol. The van der Waals surface area contributed by atoms with Crippen LogP contribution in [0.15, 0.2) is 59.5 Å². The van der Waals surface area contributed by atoms with E-state index in [4.69, 9.17) is 4.74 Å². The van der Waals surface area contributed by atoms with E-state index < -0.39 is 0 Å². The lowest BCUT2D eigenvalue weighted by Gasteiger charge is -2.17. The summed E-state index contributed by atoms with van der Waals surface area (Å²) in [5.41, 5.74) is 2.04. The Morgan fingerprint density at radius 1 is 1.19 bits per heavy atom. The lowest BCUT2D eigenvalue weighted by molar-refractivity contribution is 0.0947. The molecule has 0 saturated carbocycles. The lowest BCUT2D eigenvalue weighted by Crippen LogP contribution is -2.28. The van der Waals surface area contributed by atoms with Crippen molar-refractivity contribution in [3.63, 3.8) is 0 Å². The zero-order chi connectivity index (χ0) is 18.2. The van der Waals surface area contributed by atoms with Gasteiger partial charge in [-0.05, 0) is 37.0 Å². The van der Waals surface area contributed by atoms with Crippen molar-refractivity contribution < 1.29 is 9.53 Å². The van der Waals surface area contributed by atoms with Crippen molar-refractivity contribution in [3.05, 3.63) is 65.7 Å². The number of hydrogen-bond donors (Lipinski definition) is 1. The molecule has 3 nitrogen and oxygen atoms in total. The van der Waals surface area contributed by atoms with Crippen LogP contribution >= 0.6 is 11.8 Å². The molecule has 0 spiro atoms. The zero-order valence-corrected chi connectivity index (χ0v) is 16.1. The van der Waals surface area contributed by atoms with E-state index in [0.29, 0.717) is 18.6 Å². The van der Waals surface area contributed by atoms with Crippen LogP contribution in [0.1, 0.15) is 48.0 Å². The molecule has 1 aliphatic heterocycles. The van der Waals surface area contributed by atoms with E-state index in [2.05, 4.69) is 36.5 Å². The Hall–Kier alpha value is -1.78. The van der Waals surface area contributed by atoms with Gasteiger partial charge in [-0.1, -0.05) is 49.4 Å². The molecule has 1 amide bonds. The smallest absolute Gasteiger partial charge is 0.252 e. The van der Waals surface area contributed by atoms with E-state index in [-0.39, 0.29) is 5.91 Å². The third-order valence-corrected chi connectivity index (χ3v) is 6.06. The van der Waals surface area contributed by atoms with Gasteiger partial charge in [-0.15, -0.1) is 11.8 Å². The third-order valence-electron chi connectivity index (χ3n) is 4.85. The minimum absolute atomic E-state index is 0.00909. The van der Waals surface area contributed by atoms with E-state index in [0.717, 1.165) is 42.1 Å². The van der Waals surface area contributed by atoms with Crippen LogP contribution in [-0.2, 0) is 4.74 Å². The molecule has 0 bridgehead atoms. The molecule has 0 radical (unpaired) electrons. The van der Waals surface area contributed by atoms with Crippen molar-refractivity contribution >= 4 is 17.7 Å². The van der Waals surface area contributed by atoms with Gasteiger partial charge in [0, 0.05) is 29.7 Å². The fraction of sp³-hybridized carbons (Fsp3) is 0.409. The van der Waals surface area contributed by atoms with E-state index >= 15 is 0 Å². The highest BCUT2D eigenvalue weighted by atomic mass is 32.2. The van der Waals surface area contributed by atoms with Crippen LogP contribution < -0.4 is 5.32 Å². The number of nitrogens with one attached hydrogen (secondary N) is 1. The summed E-state index contributed by atoms with van der Waals surface area (Å²) < 4.78 is 5.70. The molecule has 1 N–H and O–H groups in total. The SMILES string of the molecule is CC[C@H](CNC(=O)c1ccccc1SC[C@H]1CCCO1)c1ccccc1. The summed E-state index contributed by atoms with van der Waals surface area (Å²) in [7, 11) is 0. The fourth-order valence-corrected chi connectivity index (χ4v) is 4.39. The van der Waals surface area contributed by atoms with Crippen LogP contribution in [0.2, 0.25) is 0 Å². The number of amides is 1. The highest BCUT2D eigenvalue weighted by Gasteiger charge is 2.18. The van der Waals surface area contributed by atoms with Crippen molar-refractivity contribution in [1.29, 1.82) is 0 Å². The molecule has 2 aromatic rings. The second kappa shape index (κ2) is 9.79. The van der Waals surface area contributed by atoms with Crippen LogP contribution in [0.25, 0.3) is 0 Å². The molecule has 0 unspecified atom stereocenters. The summed E-state index contributed by atoms with van der Waals surface area (Å²) in [6, 6.07) is 18.3. The monoisotopic (exact) mass is 369 g/mol. The first-order valence-electron chi connectivity index (χ1n) is 9.44. The summed E-state index contributed by atoms with van der Waals surface area (Å²) in [4.78, 5) is 13.8. The molecule has 1 saturated heterocycles. The molecule has 0 aliphatic carbocycles. The van der Waals surface area contributed by atoms with Crippen molar-refractivity contribution in [1.82, 2.24) is 5.32 Å². The number of benzene rings is 2. The van der Waals surface area contributed by atoms with Gasteiger partial charge in [0.25, 0.3) is 5.91 Å². The normalized spacial score (nSPS) is 17.8. The molecule has 2 atom stereocenters. The summed E-state index contributed by atoms with van der Waals surface area (Å²) in [6.07, 6.45) is 3.58. The molecule has 1 heterocycles. The van der Waals surface area contributed by atoms with Gasteiger partial charge < -0.3 is 10.1 Å². The number of rotatable bonds is 8. The largest absolute Gasteiger partial charge is 0.377 e. The molecular formula is C22H27NO2S. The Kier molecular flexibility index (Phi) is 7.15. The number of thioether (sulfide) groups is 1. The first-order valence-corrected chi connectivity index (χ1v) is 10.4. The Morgan fingerprint density at radius 2 is 1.96 bits per heavy atom. The Labute approximate surface area is 160 Å². The zero-order valence-electron chi connectivity index (χ0n) is 15.3. The van der Waals surface area contributed by atoms with Gasteiger partial charge in [0.05, 0.1) is 11.7 Å². The standard InChI is InChI=1S/C22H27NO2S/c1-2-17(18-9-4-3-5-10-18)15-23-22(24)20-12-6-7-13-21(20)26-16-19-11-8-14-25-19/h3-7,9-10,12-13,17,19H,2,8,11,14-16H2,1H3,(H,23,24)/t17-,19-/m1/s1. The van der Waals surface area contributed by atoms with E-state index in [1.54, 1.807) is 11.8 Å². The average molecular weight is 370 g/mol. The van der Waals surface area contributed by atoms with Crippen molar-refractivity contribution in [3.8, 4) is 0 Å². The molecule has 3 rings (SSSR count). The van der Waals surface area contributed by atoms with Gasteiger partial charge in [-0.2, -0.15) is 0 Å². The first-order chi connectivity index (χ1) is 12.8. The van der Waals surface area contributed by atoms with Gasteiger partial charge in [0.15, 0.2) is 0 Å². The molecule has 2 aromatic carbocycles. The lowest BCUT2D eigenvalue weighted by atomic mass is 9.96. The maximum absolute atomic E-state index is 12.8. The molecule has 1 fully saturated rings. The topological polar surface area (TPSA) is 38.3 Å². The Bertz CT molecular complexity index is 698. The highest BCUT2D eigenvalue weighted by molar-refractivity contribution is 7.99. The molecule has 4 heteroatoms. The van der Waals surface area contributed by atoms with Crippen molar-refractivity contribution in [2.45, 2.75) is 43.1 Å². The summed E-state index contributed by atoms with van der Waals surface area (Å²) in [5.74, 6) is 1.26. The number of hydrogen-bond acceptors (Lipinski definition) is 3. The number of carbonyl (C=O) groups is 1. The van der Waals surface area contributed by atoms with Gasteiger partial charge in [0.2, 0.25) is 0 Å². The molecule has 0 aromatic heterocycles. The van der Waals surface area contributed by atoms with Crippen molar-refractivity contribution in [2.75, 3.05) is 18.9 Å². The van der Waals surface area contributed by atoms with Crippen LogP contribution in [0.5, 0.6) is 0 Å². The van der Waals surface area contributed by atoms with E-state index in [1.165, 1.54) is 5.56 Å². The summed E-state index contributed by atoms with van der Waals surface area (Å²) in [6.45, 7) is 3.69. The van der Waals surface area contributed by atoms with Crippen LogP contribution in [0.4, 0.5) is 0 Å². The Morgan fingerprint density at radius 3 is 2.69 bits per heavy atom. The third kappa shape index (κ3) is 5.12. The predicted octanol–water partition coefficient (Wildman–Crippen LogP) is 4.88. The number of ether oxygens (including phenoxy) is 1. The van der Waals surface area contributed by atoms with Gasteiger partial charge in [0.1, 0.15) is 0 Å². The molecule has 26 heavy (non-hydrogen) atoms. The summed E-state index contributed by atoms with van der Waals surface area (Å²) >= 11 is 1.72. The van der Waals surface area contributed by atoms with E-state index in [1.807, 2.05) is 30.3 Å². The second-order valence-electron chi connectivity index (χ2n) is 6.67. The first kappa shape index (κ1) is 19.0.